The summed E-state index contributed by atoms with van der Waals surface area (Å²) >= 11 is 0. The van der Waals surface area contributed by atoms with E-state index in [9.17, 15) is 19.5 Å². The van der Waals surface area contributed by atoms with Crippen molar-refractivity contribution in [3.8, 4) is 12.5 Å². The van der Waals surface area contributed by atoms with E-state index in [0.29, 0.717) is 5.56 Å². The first kappa shape index (κ1) is 26.0. The quantitative estimate of drug-likeness (QED) is 0.453. The van der Waals surface area contributed by atoms with Crippen molar-refractivity contribution in [3.05, 3.63) is 34.9 Å². The van der Waals surface area contributed by atoms with E-state index >= 15 is 0 Å². The number of ether oxygens (including phenoxy) is 1. The molecule has 2 atom stereocenters. The summed E-state index contributed by atoms with van der Waals surface area (Å²) in [6, 6.07) is 5.05. The van der Waals surface area contributed by atoms with Gasteiger partial charge in [-0.15, -0.1) is 0 Å². The van der Waals surface area contributed by atoms with Gasteiger partial charge in [-0.05, 0) is 59.6 Å². The number of aliphatic hydroxyl groups is 1. The predicted molar refractivity (Wildman–Crippen MR) is 118 cm³/mol. The molecule has 0 spiro atoms. The molecule has 0 bridgehead atoms. The number of aliphatic hydroxyl groups excluding tert-OH is 1. The molecule has 1 rings (SSSR count). The molecule has 0 aliphatic heterocycles. The van der Waals surface area contributed by atoms with E-state index < -0.39 is 42.2 Å². The Morgan fingerprint density at radius 1 is 1.19 bits per heavy atom. The topological polar surface area (TPSA) is 108 Å². The van der Waals surface area contributed by atoms with Crippen LogP contribution in [0.5, 0.6) is 0 Å². The smallest absolute Gasteiger partial charge is 0.408 e. The lowest BCUT2D eigenvalue weighted by Crippen LogP contribution is -2.53. The minimum Gasteiger partial charge on any atom is -0.444 e. The number of nitrogens with zero attached hydrogens (tertiary/aromatic N) is 1. The number of carbonyl (C=O) groups is 3. The van der Waals surface area contributed by atoms with Crippen LogP contribution in [-0.4, -0.2) is 52.2 Å². The van der Waals surface area contributed by atoms with Crippen molar-refractivity contribution in [3.63, 3.8) is 0 Å². The van der Waals surface area contributed by atoms with Crippen LogP contribution in [0.15, 0.2) is 18.2 Å². The molecule has 0 radical (unpaired) electrons. The lowest BCUT2D eigenvalue weighted by molar-refractivity contribution is -0.139. The average Bonchev–Trinajstić information content (AvgIpc) is 2.63. The highest BCUT2D eigenvalue weighted by Gasteiger charge is 2.36. The lowest BCUT2D eigenvalue weighted by atomic mass is 9.96. The van der Waals surface area contributed by atoms with E-state index in [4.69, 9.17) is 11.2 Å². The third-order valence-corrected chi connectivity index (χ3v) is 4.21. The lowest BCUT2D eigenvalue weighted by Gasteiger charge is -2.31. The van der Waals surface area contributed by atoms with Gasteiger partial charge in [0.15, 0.2) is 0 Å². The molecule has 2 unspecified atom stereocenters. The van der Waals surface area contributed by atoms with Gasteiger partial charge in [-0.1, -0.05) is 30.2 Å². The maximum atomic E-state index is 13.2. The second kappa shape index (κ2) is 10.8. The molecule has 1 aromatic rings. The highest BCUT2D eigenvalue weighted by atomic mass is 16.6. The number of amides is 3. The molecule has 0 aliphatic carbocycles. The standard InChI is InChI=1S/C23H33N3O5/c1-9-26(21(29)18(13-27)25-22(30)31-23(6,7)8)19(20(28)24-14(2)3)17-12-15(4)10-11-16(17)5/h1,10-12,14,18-19,27H,13H2,2-8H3,(H,24,28)(H,25,30). The van der Waals surface area contributed by atoms with Gasteiger partial charge < -0.3 is 20.5 Å². The summed E-state index contributed by atoms with van der Waals surface area (Å²) in [7, 11) is 0. The van der Waals surface area contributed by atoms with Gasteiger partial charge in [0, 0.05) is 12.1 Å². The van der Waals surface area contributed by atoms with Gasteiger partial charge in [0.2, 0.25) is 5.91 Å². The summed E-state index contributed by atoms with van der Waals surface area (Å²) in [4.78, 5) is 39.3. The van der Waals surface area contributed by atoms with Crippen LogP contribution < -0.4 is 10.6 Å². The summed E-state index contributed by atoms with van der Waals surface area (Å²) in [5, 5.41) is 14.8. The van der Waals surface area contributed by atoms with Crippen LogP contribution in [0.2, 0.25) is 0 Å². The van der Waals surface area contributed by atoms with Crippen LogP contribution >= 0.6 is 0 Å². The van der Waals surface area contributed by atoms with Crippen molar-refractivity contribution in [2.24, 2.45) is 0 Å². The van der Waals surface area contributed by atoms with Crippen LogP contribution in [0.4, 0.5) is 4.79 Å². The fourth-order valence-electron chi connectivity index (χ4n) is 2.88. The number of hydrogen-bond donors (Lipinski definition) is 3. The number of rotatable bonds is 7. The number of aryl methyl sites for hydroxylation is 2. The number of carbonyl (C=O) groups excluding carboxylic acids is 3. The van der Waals surface area contributed by atoms with Gasteiger partial charge in [-0.25, -0.2) is 4.79 Å². The average molecular weight is 432 g/mol. The van der Waals surface area contributed by atoms with Crippen LogP contribution in [0.3, 0.4) is 0 Å². The molecular formula is C23H33N3O5. The summed E-state index contributed by atoms with van der Waals surface area (Å²) in [6.45, 7) is 11.5. The highest BCUT2D eigenvalue weighted by molar-refractivity contribution is 5.93. The second-order valence-corrected chi connectivity index (χ2v) is 8.64. The van der Waals surface area contributed by atoms with Gasteiger partial charge in [-0.3, -0.25) is 14.5 Å². The van der Waals surface area contributed by atoms with E-state index in [1.54, 1.807) is 40.7 Å². The summed E-state index contributed by atoms with van der Waals surface area (Å²) in [5.74, 6) is -1.27. The van der Waals surface area contributed by atoms with Gasteiger partial charge in [0.25, 0.3) is 5.91 Å². The molecule has 170 valence electrons. The molecule has 0 aliphatic rings. The molecule has 0 heterocycles. The van der Waals surface area contributed by atoms with E-state index in [1.807, 2.05) is 26.0 Å². The fraction of sp³-hybridized carbons (Fsp3) is 0.522. The Kier molecular flexibility index (Phi) is 9.07. The second-order valence-electron chi connectivity index (χ2n) is 8.64. The maximum absolute atomic E-state index is 13.2. The van der Waals surface area contributed by atoms with Crippen LogP contribution in [0.25, 0.3) is 0 Å². The fourth-order valence-corrected chi connectivity index (χ4v) is 2.88. The SMILES string of the molecule is C#CN(C(=O)C(CO)NC(=O)OC(C)(C)C)C(C(=O)NC(C)C)c1cc(C)ccc1C. The van der Waals surface area contributed by atoms with Gasteiger partial charge in [-0.2, -0.15) is 0 Å². The Morgan fingerprint density at radius 2 is 1.81 bits per heavy atom. The normalized spacial score (nSPS) is 13.0. The van der Waals surface area contributed by atoms with Crippen molar-refractivity contribution >= 4 is 17.9 Å². The van der Waals surface area contributed by atoms with Crippen molar-refractivity contribution in [1.29, 1.82) is 0 Å². The Hall–Kier alpha value is -3.05. The molecule has 3 N–H and O–H groups in total. The first-order chi connectivity index (χ1) is 14.3. The Morgan fingerprint density at radius 3 is 2.29 bits per heavy atom. The third-order valence-electron chi connectivity index (χ3n) is 4.21. The number of alkyl carbamates (subject to hydrolysis) is 1. The molecule has 8 nitrogen and oxygen atoms in total. The van der Waals surface area contributed by atoms with E-state index in [1.165, 1.54) is 0 Å². The van der Waals surface area contributed by atoms with E-state index in [2.05, 4.69) is 16.7 Å². The monoisotopic (exact) mass is 431 g/mol. The number of terminal acetylenes is 1. The van der Waals surface area contributed by atoms with Crippen molar-refractivity contribution in [1.82, 2.24) is 15.5 Å². The first-order valence-electron chi connectivity index (χ1n) is 10.1. The largest absolute Gasteiger partial charge is 0.444 e. The molecule has 1 aromatic carbocycles. The zero-order valence-corrected chi connectivity index (χ0v) is 19.3. The van der Waals surface area contributed by atoms with Crippen LogP contribution in [0.1, 0.15) is 57.4 Å². The Bertz CT molecular complexity index is 852. The van der Waals surface area contributed by atoms with Gasteiger partial charge in [0.05, 0.1) is 6.61 Å². The van der Waals surface area contributed by atoms with Gasteiger partial charge in [0.1, 0.15) is 17.7 Å². The van der Waals surface area contributed by atoms with Crippen molar-refractivity contribution in [2.75, 3.05) is 6.61 Å². The summed E-state index contributed by atoms with van der Waals surface area (Å²) in [6.07, 6.45) is 4.76. The summed E-state index contributed by atoms with van der Waals surface area (Å²) < 4.78 is 5.15. The first-order valence-corrected chi connectivity index (χ1v) is 10.1. The molecule has 8 heteroatoms. The van der Waals surface area contributed by atoms with Crippen molar-refractivity contribution < 1.29 is 24.2 Å². The minimum absolute atomic E-state index is 0.191. The van der Waals surface area contributed by atoms with Crippen molar-refractivity contribution in [2.45, 2.75) is 72.2 Å². The van der Waals surface area contributed by atoms with E-state index in [-0.39, 0.29) is 6.04 Å². The molecule has 0 saturated heterocycles. The maximum Gasteiger partial charge on any atom is 0.408 e. The Labute approximate surface area is 184 Å². The highest BCUT2D eigenvalue weighted by Crippen LogP contribution is 2.26. The van der Waals surface area contributed by atoms with Crippen LogP contribution in [0, 0.1) is 26.3 Å². The predicted octanol–water partition coefficient (Wildman–Crippen LogP) is 2.17. The number of benzene rings is 1. The van der Waals surface area contributed by atoms with E-state index in [0.717, 1.165) is 16.0 Å². The Balaban J connectivity index is 3.35. The molecular weight excluding hydrogens is 398 g/mol. The molecule has 0 aromatic heterocycles. The molecule has 3 amide bonds. The molecule has 0 saturated carbocycles. The molecule has 0 fully saturated rings. The molecule has 31 heavy (non-hydrogen) atoms. The minimum atomic E-state index is -1.38. The third kappa shape index (κ3) is 7.61. The number of nitrogens with one attached hydrogen (secondary N) is 2. The van der Waals surface area contributed by atoms with Gasteiger partial charge >= 0.3 is 6.09 Å². The zero-order valence-electron chi connectivity index (χ0n) is 19.3. The summed E-state index contributed by atoms with van der Waals surface area (Å²) in [5.41, 5.74) is 1.41. The zero-order chi connectivity index (χ0) is 23.9. The number of hydrogen-bond acceptors (Lipinski definition) is 5. The van der Waals surface area contributed by atoms with Crippen LogP contribution in [-0.2, 0) is 14.3 Å².